The molecule has 4 heteroatoms. The van der Waals surface area contributed by atoms with Gasteiger partial charge in [0.15, 0.2) is 0 Å². The van der Waals surface area contributed by atoms with Crippen molar-refractivity contribution in [2.75, 3.05) is 7.05 Å². The Labute approximate surface area is 140 Å². The standard InChI is InChI=1S/C20H17N3O/c1-22-19(24)18-13-16(14-7-3-2-4-8-14)21-23(18)17-10-6-5-9-15(17)20(22)11-12-20/h2-10,13H,11-12H2,1H3. The highest BCUT2D eigenvalue weighted by Gasteiger charge is 2.53. The summed E-state index contributed by atoms with van der Waals surface area (Å²) in [6.45, 7) is 0. The van der Waals surface area contributed by atoms with E-state index in [1.54, 1.807) is 0 Å². The Bertz CT molecular complexity index is 954. The van der Waals surface area contributed by atoms with Gasteiger partial charge in [-0.15, -0.1) is 0 Å². The van der Waals surface area contributed by atoms with Crippen LogP contribution in [0.1, 0.15) is 28.9 Å². The number of rotatable bonds is 1. The number of hydrogen-bond acceptors (Lipinski definition) is 2. The molecule has 3 aromatic rings. The van der Waals surface area contributed by atoms with Gasteiger partial charge in [0.1, 0.15) is 5.69 Å². The van der Waals surface area contributed by atoms with Crippen LogP contribution in [-0.4, -0.2) is 27.6 Å². The van der Waals surface area contributed by atoms with E-state index in [0.29, 0.717) is 5.69 Å². The summed E-state index contributed by atoms with van der Waals surface area (Å²) in [5, 5.41) is 4.77. The van der Waals surface area contributed by atoms with Crippen molar-refractivity contribution >= 4 is 5.91 Å². The van der Waals surface area contributed by atoms with Crippen molar-refractivity contribution in [1.29, 1.82) is 0 Å². The van der Waals surface area contributed by atoms with E-state index >= 15 is 0 Å². The van der Waals surface area contributed by atoms with E-state index in [-0.39, 0.29) is 11.4 Å². The first kappa shape index (κ1) is 13.5. The van der Waals surface area contributed by atoms with E-state index in [2.05, 4.69) is 12.1 Å². The van der Waals surface area contributed by atoms with Gasteiger partial charge in [0.05, 0.1) is 16.9 Å². The minimum Gasteiger partial charge on any atom is -0.331 e. The number of para-hydroxylation sites is 1. The Morgan fingerprint density at radius 2 is 1.71 bits per heavy atom. The summed E-state index contributed by atoms with van der Waals surface area (Å²) in [7, 11) is 1.91. The molecule has 1 spiro atoms. The maximum Gasteiger partial charge on any atom is 0.273 e. The number of hydrogen-bond donors (Lipinski definition) is 0. The third-order valence-corrected chi connectivity index (χ3v) is 5.30. The summed E-state index contributed by atoms with van der Waals surface area (Å²) in [5.41, 5.74) is 4.54. The average Bonchev–Trinajstić information content (AvgIpc) is 3.33. The zero-order valence-electron chi connectivity index (χ0n) is 13.4. The summed E-state index contributed by atoms with van der Waals surface area (Å²) < 4.78 is 1.82. The van der Waals surface area contributed by atoms with E-state index in [1.807, 2.05) is 65.2 Å². The number of amides is 1. The molecule has 1 aliphatic heterocycles. The van der Waals surface area contributed by atoms with Crippen molar-refractivity contribution in [3.8, 4) is 16.9 Å². The molecular formula is C20H17N3O. The number of carbonyl (C=O) groups is 1. The highest BCUT2D eigenvalue weighted by molar-refractivity contribution is 5.96. The molecule has 1 saturated carbocycles. The van der Waals surface area contributed by atoms with Crippen LogP contribution in [0, 0.1) is 0 Å². The summed E-state index contributed by atoms with van der Waals surface area (Å²) in [4.78, 5) is 15.0. The monoisotopic (exact) mass is 315 g/mol. The zero-order valence-corrected chi connectivity index (χ0v) is 13.4. The van der Waals surface area contributed by atoms with Crippen molar-refractivity contribution in [1.82, 2.24) is 14.7 Å². The third-order valence-electron chi connectivity index (χ3n) is 5.30. The molecule has 2 aliphatic rings. The van der Waals surface area contributed by atoms with E-state index in [0.717, 1.165) is 29.8 Å². The Balaban J connectivity index is 1.78. The fourth-order valence-corrected chi connectivity index (χ4v) is 3.79. The van der Waals surface area contributed by atoms with Crippen molar-refractivity contribution < 1.29 is 4.79 Å². The lowest BCUT2D eigenvalue weighted by Crippen LogP contribution is -2.36. The molecule has 2 heterocycles. The highest BCUT2D eigenvalue weighted by atomic mass is 16.2. The van der Waals surface area contributed by atoms with Crippen LogP contribution in [0.2, 0.25) is 0 Å². The fourth-order valence-electron chi connectivity index (χ4n) is 3.79. The lowest BCUT2D eigenvalue weighted by molar-refractivity contribution is 0.0704. The van der Waals surface area contributed by atoms with Gasteiger partial charge in [-0.25, -0.2) is 4.68 Å². The molecule has 1 amide bonds. The predicted octanol–water partition coefficient (Wildman–Crippen LogP) is 3.61. The van der Waals surface area contributed by atoms with Crippen molar-refractivity contribution in [2.24, 2.45) is 0 Å². The molecule has 0 unspecified atom stereocenters. The molecule has 2 aromatic carbocycles. The van der Waals surface area contributed by atoms with Crippen molar-refractivity contribution in [3.05, 3.63) is 71.9 Å². The van der Waals surface area contributed by atoms with Gasteiger partial charge in [-0.1, -0.05) is 48.5 Å². The smallest absolute Gasteiger partial charge is 0.273 e. The van der Waals surface area contributed by atoms with Crippen LogP contribution in [0.4, 0.5) is 0 Å². The summed E-state index contributed by atoms with van der Waals surface area (Å²) >= 11 is 0. The van der Waals surface area contributed by atoms with Gasteiger partial charge in [-0.2, -0.15) is 5.10 Å². The maximum absolute atomic E-state index is 13.1. The van der Waals surface area contributed by atoms with Gasteiger partial charge in [0.25, 0.3) is 5.91 Å². The minimum atomic E-state index is -0.152. The first-order chi connectivity index (χ1) is 11.7. The predicted molar refractivity (Wildman–Crippen MR) is 92.0 cm³/mol. The zero-order chi connectivity index (χ0) is 16.3. The van der Waals surface area contributed by atoms with E-state index in [4.69, 9.17) is 5.10 Å². The number of aromatic nitrogens is 2. The average molecular weight is 315 g/mol. The first-order valence-corrected chi connectivity index (χ1v) is 8.24. The quantitative estimate of drug-likeness (QED) is 0.688. The van der Waals surface area contributed by atoms with Crippen LogP contribution in [0.5, 0.6) is 0 Å². The number of benzene rings is 2. The molecule has 118 valence electrons. The van der Waals surface area contributed by atoms with Crippen LogP contribution < -0.4 is 0 Å². The summed E-state index contributed by atoms with van der Waals surface area (Å²) in [6.07, 6.45) is 2.03. The number of carbonyl (C=O) groups excluding carboxylic acids is 1. The first-order valence-electron chi connectivity index (χ1n) is 8.24. The van der Waals surface area contributed by atoms with Gasteiger partial charge in [-0.3, -0.25) is 4.79 Å². The Kier molecular flexibility index (Phi) is 2.58. The van der Waals surface area contributed by atoms with Crippen LogP contribution >= 0.6 is 0 Å². The minimum absolute atomic E-state index is 0.0402. The molecule has 1 aromatic heterocycles. The van der Waals surface area contributed by atoms with Crippen LogP contribution in [0.15, 0.2) is 60.7 Å². The van der Waals surface area contributed by atoms with Crippen molar-refractivity contribution in [3.63, 3.8) is 0 Å². The SMILES string of the molecule is CN1C(=O)c2cc(-c3ccccc3)nn2-c2ccccc2C12CC2. The lowest BCUT2D eigenvalue weighted by atomic mass is 10.0. The summed E-state index contributed by atoms with van der Waals surface area (Å²) in [5.74, 6) is 0.0402. The molecule has 0 N–H and O–H groups in total. The Morgan fingerprint density at radius 3 is 2.46 bits per heavy atom. The molecule has 0 bridgehead atoms. The molecule has 1 aliphatic carbocycles. The third kappa shape index (κ3) is 1.68. The summed E-state index contributed by atoms with van der Waals surface area (Å²) in [6, 6.07) is 20.2. The molecule has 0 atom stereocenters. The molecule has 24 heavy (non-hydrogen) atoms. The molecule has 5 rings (SSSR count). The van der Waals surface area contributed by atoms with Crippen LogP contribution in [-0.2, 0) is 5.54 Å². The van der Waals surface area contributed by atoms with Crippen molar-refractivity contribution in [2.45, 2.75) is 18.4 Å². The number of nitrogens with zero attached hydrogens (tertiary/aromatic N) is 3. The second kappa shape index (κ2) is 4.57. The maximum atomic E-state index is 13.1. The molecule has 0 radical (unpaired) electrons. The van der Waals surface area contributed by atoms with Crippen LogP contribution in [0.3, 0.4) is 0 Å². The Hall–Kier alpha value is -2.88. The highest BCUT2D eigenvalue weighted by Crippen LogP contribution is 2.53. The normalized spacial score (nSPS) is 17.4. The number of fused-ring (bicyclic) bond motifs is 4. The van der Waals surface area contributed by atoms with Gasteiger partial charge in [0.2, 0.25) is 0 Å². The topological polar surface area (TPSA) is 38.1 Å². The van der Waals surface area contributed by atoms with Gasteiger partial charge < -0.3 is 4.90 Å². The molecule has 4 nitrogen and oxygen atoms in total. The fraction of sp³-hybridized carbons (Fsp3) is 0.200. The molecule has 1 fully saturated rings. The van der Waals surface area contributed by atoms with E-state index < -0.39 is 0 Å². The van der Waals surface area contributed by atoms with Gasteiger partial charge in [0, 0.05) is 18.2 Å². The van der Waals surface area contributed by atoms with Gasteiger partial charge >= 0.3 is 0 Å². The molecule has 0 saturated heterocycles. The second-order valence-corrected chi connectivity index (χ2v) is 6.61. The van der Waals surface area contributed by atoms with E-state index in [1.165, 1.54) is 5.56 Å². The molecular weight excluding hydrogens is 298 g/mol. The Morgan fingerprint density at radius 1 is 1.00 bits per heavy atom. The lowest BCUT2D eigenvalue weighted by Gasteiger charge is -2.26. The van der Waals surface area contributed by atoms with E-state index in [9.17, 15) is 4.79 Å². The largest absolute Gasteiger partial charge is 0.331 e. The van der Waals surface area contributed by atoms with Crippen LogP contribution in [0.25, 0.3) is 16.9 Å². The second-order valence-electron chi connectivity index (χ2n) is 6.61. The van der Waals surface area contributed by atoms with Gasteiger partial charge in [-0.05, 0) is 25.0 Å².